The van der Waals surface area contributed by atoms with Crippen molar-refractivity contribution >= 4 is 11.9 Å². The van der Waals surface area contributed by atoms with Crippen LogP contribution in [-0.4, -0.2) is 53.8 Å². The zero-order chi connectivity index (χ0) is 19.3. The first-order valence-electron chi connectivity index (χ1n) is 8.63. The highest BCUT2D eigenvalue weighted by atomic mass is 16.5. The van der Waals surface area contributed by atoms with Crippen LogP contribution >= 0.6 is 0 Å². The Labute approximate surface area is 155 Å². The Morgan fingerprint density at radius 2 is 2.15 bits per heavy atom. The Balaban J connectivity index is 1.73. The molecule has 1 aromatic carbocycles. The van der Waals surface area contributed by atoms with E-state index in [4.69, 9.17) is 14.0 Å². The van der Waals surface area contributed by atoms with Crippen molar-refractivity contribution in [3.8, 4) is 11.5 Å². The lowest BCUT2D eigenvalue weighted by atomic mass is 9.73. The monoisotopic (exact) mass is 372 g/mol. The van der Waals surface area contributed by atoms with E-state index in [1.807, 2.05) is 6.07 Å². The highest BCUT2D eigenvalue weighted by Crippen LogP contribution is 2.50. The molecule has 4 rings (SSSR count). The second-order valence-corrected chi connectivity index (χ2v) is 7.09. The number of amides is 1. The summed E-state index contributed by atoms with van der Waals surface area (Å²) < 4.78 is 16.1. The molecule has 1 amide bonds. The van der Waals surface area contributed by atoms with Gasteiger partial charge in [-0.3, -0.25) is 9.59 Å². The molecule has 1 saturated heterocycles. The Morgan fingerprint density at radius 1 is 1.37 bits per heavy atom. The van der Waals surface area contributed by atoms with Crippen molar-refractivity contribution in [2.75, 3.05) is 26.8 Å². The molecule has 0 unspecified atom stereocenters. The summed E-state index contributed by atoms with van der Waals surface area (Å²) in [5, 5.41) is 13.8. The topological polar surface area (TPSA) is 102 Å². The summed E-state index contributed by atoms with van der Waals surface area (Å²) in [6.07, 6.45) is 0. The largest absolute Gasteiger partial charge is 0.497 e. The summed E-state index contributed by atoms with van der Waals surface area (Å²) in [4.78, 5) is 26.8. The van der Waals surface area contributed by atoms with Gasteiger partial charge in [0, 0.05) is 30.6 Å². The Bertz CT molecular complexity index is 917. The molecule has 2 aromatic rings. The zero-order valence-electron chi connectivity index (χ0n) is 15.3. The van der Waals surface area contributed by atoms with E-state index < -0.39 is 11.4 Å². The number of aliphatic carboxylic acids is 1. The summed E-state index contributed by atoms with van der Waals surface area (Å²) in [5.74, 6) is 0.0627. The molecular weight excluding hydrogens is 352 g/mol. The van der Waals surface area contributed by atoms with Gasteiger partial charge in [-0.1, -0.05) is 11.2 Å². The van der Waals surface area contributed by atoms with Crippen LogP contribution in [0.3, 0.4) is 0 Å². The predicted molar refractivity (Wildman–Crippen MR) is 93.2 cm³/mol. The first kappa shape index (κ1) is 17.4. The minimum absolute atomic E-state index is 0.00144. The van der Waals surface area contributed by atoms with Crippen LogP contribution < -0.4 is 9.47 Å². The number of hydrogen-bond donors (Lipinski definition) is 1. The predicted octanol–water partition coefficient (Wildman–Crippen LogP) is 2.00. The van der Waals surface area contributed by atoms with Crippen molar-refractivity contribution in [2.45, 2.75) is 19.8 Å². The highest BCUT2D eigenvalue weighted by molar-refractivity contribution is 5.97. The lowest BCUT2D eigenvalue weighted by molar-refractivity contribution is -0.151. The Morgan fingerprint density at radius 3 is 2.78 bits per heavy atom. The molecule has 1 N–H and O–H groups in total. The van der Waals surface area contributed by atoms with Gasteiger partial charge in [0.2, 0.25) is 0 Å². The number of benzene rings is 1. The van der Waals surface area contributed by atoms with Gasteiger partial charge in [0.25, 0.3) is 5.91 Å². The zero-order valence-corrected chi connectivity index (χ0v) is 15.3. The molecule has 142 valence electrons. The normalized spacial score (nSPS) is 23.4. The van der Waals surface area contributed by atoms with Crippen LogP contribution in [0.5, 0.6) is 11.5 Å². The summed E-state index contributed by atoms with van der Waals surface area (Å²) >= 11 is 0. The van der Waals surface area contributed by atoms with Crippen LogP contribution in [0.1, 0.15) is 33.3 Å². The number of methoxy groups -OCH3 is 1. The van der Waals surface area contributed by atoms with Crippen molar-refractivity contribution in [2.24, 2.45) is 5.41 Å². The van der Waals surface area contributed by atoms with E-state index in [2.05, 4.69) is 5.16 Å². The number of likely N-dealkylation sites (tertiary alicyclic amines) is 1. The third kappa shape index (κ3) is 2.47. The molecule has 0 saturated carbocycles. The number of nitrogens with zero attached hydrogens (tertiary/aromatic N) is 2. The van der Waals surface area contributed by atoms with E-state index >= 15 is 0 Å². The number of ether oxygens (including phenoxy) is 2. The minimum atomic E-state index is -1.18. The van der Waals surface area contributed by atoms with Crippen molar-refractivity contribution < 1.29 is 28.7 Å². The van der Waals surface area contributed by atoms with Gasteiger partial charge in [-0.15, -0.1) is 0 Å². The number of aryl methyl sites for hydroxylation is 2. The van der Waals surface area contributed by atoms with Gasteiger partial charge >= 0.3 is 5.97 Å². The summed E-state index contributed by atoms with van der Waals surface area (Å²) in [5.41, 5.74) is 0.484. The number of carboxylic acid groups (broad SMARTS) is 1. The summed E-state index contributed by atoms with van der Waals surface area (Å²) in [6, 6.07) is 5.35. The van der Waals surface area contributed by atoms with Crippen LogP contribution in [0.15, 0.2) is 22.7 Å². The van der Waals surface area contributed by atoms with Crippen LogP contribution in [-0.2, 0) is 4.79 Å². The molecule has 2 aliphatic rings. The fourth-order valence-electron chi connectivity index (χ4n) is 4.09. The highest BCUT2D eigenvalue weighted by Gasteiger charge is 2.57. The molecular formula is C19H20N2O6. The first-order valence-corrected chi connectivity index (χ1v) is 8.63. The van der Waals surface area contributed by atoms with Crippen molar-refractivity contribution in [1.82, 2.24) is 10.1 Å². The molecule has 3 heterocycles. The van der Waals surface area contributed by atoms with Crippen LogP contribution in [0.4, 0.5) is 0 Å². The fraction of sp³-hybridized carbons (Fsp3) is 0.421. The number of carbonyl (C=O) groups excluding carboxylic acids is 1. The van der Waals surface area contributed by atoms with Crippen LogP contribution in [0, 0.1) is 19.3 Å². The van der Waals surface area contributed by atoms with Crippen LogP contribution in [0.25, 0.3) is 0 Å². The number of rotatable bonds is 3. The quantitative estimate of drug-likeness (QED) is 0.879. The van der Waals surface area contributed by atoms with E-state index in [1.165, 1.54) is 0 Å². The van der Waals surface area contributed by atoms with E-state index in [-0.39, 0.29) is 31.5 Å². The molecule has 8 heteroatoms. The summed E-state index contributed by atoms with van der Waals surface area (Å²) in [6.45, 7) is 3.73. The number of aromatic nitrogens is 1. The molecule has 1 fully saturated rings. The molecule has 1 aromatic heterocycles. The molecule has 8 nitrogen and oxygen atoms in total. The number of fused-ring (bicyclic) bond motifs is 3. The van der Waals surface area contributed by atoms with Gasteiger partial charge in [0.05, 0.1) is 12.8 Å². The van der Waals surface area contributed by atoms with Gasteiger partial charge in [-0.25, -0.2) is 0 Å². The van der Waals surface area contributed by atoms with Gasteiger partial charge < -0.3 is 24.0 Å². The fourth-order valence-corrected chi connectivity index (χ4v) is 4.09. The van der Waals surface area contributed by atoms with Crippen molar-refractivity contribution in [3.05, 3.63) is 40.8 Å². The van der Waals surface area contributed by atoms with Gasteiger partial charge in [0.1, 0.15) is 34.8 Å². The second kappa shape index (κ2) is 6.00. The molecule has 2 aliphatic heterocycles. The van der Waals surface area contributed by atoms with E-state index in [9.17, 15) is 14.7 Å². The van der Waals surface area contributed by atoms with Crippen molar-refractivity contribution in [3.63, 3.8) is 0 Å². The standard InChI is InChI=1S/C19H20N2O6/c1-10-16(11(2)27-20-10)17(22)21-7-14-13-5-4-12(25-3)6-15(13)26-9-19(14,8-21)18(23)24/h4-6,14H,7-9H2,1-3H3,(H,23,24)/t14-,19-/m1/s1. The van der Waals surface area contributed by atoms with Gasteiger partial charge in [-0.05, 0) is 19.9 Å². The maximum absolute atomic E-state index is 13.0. The average molecular weight is 372 g/mol. The maximum Gasteiger partial charge on any atom is 0.315 e. The molecule has 2 atom stereocenters. The Kier molecular flexibility index (Phi) is 3.87. The summed E-state index contributed by atoms with van der Waals surface area (Å²) in [7, 11) is 1.56. The van der Waals surface area contributed by atoms with E-state index in [1.54, 1.807) is 38.0 Å². The van der Waals surface area contributed by atoms with Gasteiger partial charge in [-0.2, -0.15) is 0 Å². The molecule has 0 radical (unpaired) electrons. The molecule has 0 spiro atoms. The minimum Gasteiger partial charge on any atom is -0.497 e. The molecule has 0 aliphatic carbocycles. The number of carboxylic acids is 1. The lowest BCUT2D eigenvalue weighted by Gasteiger charge is -2.35. The third-order valence-corrected chi connectivity index (χ3v) is 5.58. The molecule has 0 bridgehead atoms. The SMILES string of the molecule is COc1ccc2c(c1)OC[C@]1(C(=O)O)CN(C(=O)c3c(C)noc3C)C[C@H]21. The number of hydrogen-bond acceptors (Lipinski definition) is 6. The second-order valence-electron chi connectivity index (χ2n) is 7.09. The Hall–Kier alpha value is -3.03. The average Bonchev–Trinajstić information content (AvgIpc) is 3.22. The third-order valence-electron chi connectivity index (χ3n) is 5.58. The van der Waals surface area contributed by atoms with Crippen molar-refractivity contribution in [1.29, 1.82) is 0 Å². The lowest BCUT2D eigenvalue weighted by Crippen LogP contribution is -2.46. The first-order chi connectivity index (χ1) is 12.9. The van der Waals surface area contributed by atoms with E-state index in [0.29, 0.717) is 28.5 Å². The smallest absolute Gasteiger partial charge is 0.315 e. The van der Waals surface area contributed by atoms with E-state index in [0.717, 1.165) is 5.56 Å². The van der Waals surface area contributed by atoms with Crippen LogP contribution in [0.2, 0.25) is 0 Å². The molecule has 27 heavy (non-hydrogen) atoms. The maximum atomic E-state index is 13.0. The van der Waals surface area contributed by atoms with Gasteiger partial charge in [0.15, 0.2) is 0 Å². The number of carbonyl (C=O) groups is 2.